The molecule has 0 aliphatic carbocycles. The first-order chi connectivity index (χ1) is 9.81. The average molecular weight is 272 g/mol. The Morgan fingerprint density at radius 2 is 1.80 bits per heavy atom. The van der Waals surface area contributed by atoms with Crippen molar-refractivity contribution in [2.45, 2.75) is 18.9 Å². The van der Waals surface area contributed by atoms with E-state index in [4.69, 9.17) is 4.74 Å². The summed E-state index contributed by atoms with van der Waals surface area (Å²) in [6.45, 7) is 1.56. The normalized spacial score (nSPS) is 16.0. The number of hydrogen-bond donors (Lipinski definition) is 2. The van der Waals surface area contributed by atoms with E-state index < -0.39 is 0 Å². The number of aromatic nitrogens is 3. The van der Waals surface area contributed by atoms with Crippen LogP contribution in [0.15, 0.2) is 30.9 Å². The van der Waals surface area contributed by atoms with Crippen LogP contribution >= 0.6 is 0 Å². The highest BCUT2D eigenvalue weighted by molar-refractivity contribution is 5.62. The molecule has 0 unspecified atom stereocenters. The Morgan fingerprint density at radius 3 is 2.50 bits per heavy atom. The molecule has 0 atom stereocenters. The van der Waals surface area contributed by atoms with E-state index in [9.17, 15) is 5.11 Å². The molecule has 0 amide bonds. The summed E-state index contributed by atoms with van der Waals surface area (Å²) in [6, 6.07) is 2.01. The zero-order chi connectivity index (χ0) is 13.8. The van der Waals surface area contributed by atoms with Crippen molar-refractivity contribution >= 4 is 5.95 Å². The number of nitrogens with one attached hydrogen (secondary N) is 1. The molecular formula is C14H16N4O2. The maximum atomic E-state index is 9.42. The van der Waals surface area contributed by atoms with E-state index in [0.29, 0.717) is 12.0 Å². The smallest absolute Gasteiger partial charge is 0.222 e. The highest BCUT2D eigenvalue weighted by atomic mass is 16.5. The highest BCUT2D eigenvalue weighted by Crippen LogP contribution is 2.21. The van der Waals surface area contributed by atoms with Gasteiger partial charge in [0.15, 0.2) is 0 Å². The largest absolute Gasteiger partial charge is 0.506 e. The van der Waals surface area contributed by atoms with Gasteiger partial charge in [0.25, 0.3) is 0 Å². The van der Waals surface area contributed by atoms with Crippen molar-refractivity contribution in [1.82, 2.24) is 15.0 Å². The standard InChI is InChI=1S/C14H16N4O2/c19-13-5-10(6-15-9-13)11-7-16-14(17-8-11)18-12-1-3-20-4-2-12/h5-9,12,19H,1-4H2,(H,16,17,18). The highest BCUT2D eigenvalue weighted by Gasteiger charge is 2.14. The number of anilines is 1. The molecule has 0 spiro atoms. The lowest BCUT2D eigenvalue weighted by Crippen LogP contribution is -2.28. The topological polar surface area (TPSA) is 80.2 Å². The minimum absolute atomic E-state index is 0.131. The van der Waals surface area contributed by atoms with Gasteiger partial charge in [-0.3, -0.25) is 4.98 Å². The molecule has 0 radical (unpaired) electrons. The minimum atomic E-state index is 0.131. The monoisotopic (exact) mass is 272 g/mol. The quantitative estimate of drug-likeness (QED) is 0.887. The Kier molecular flexibility index (Phi) is 3.73. The number of rotatable bonds is 3. The first kappa shape index (κ1) is 12.8. The second-order valence-electron chi connectivity index (χ2n) is 4.76. The van der Waals surface area contributed by atoms with Crippen LogP contribution in [-0.2, 0) is 4.74 Å². The van der Waals surface area contributed by atoms with Gasteiger partial charge in [-0.05, 0) is 18.9 Å². The van der Waals surface area contributed by atoms with Crippen molar-refractivity contribution in [3.05, 3.63) is 30.9 Å². The summed E-state index contributed by atoms with van der Waals surface area (Å²) < 4.78 is 5.31. The van der Waals surface area contributed by atoms with Gasteiger partial charge in [0.05, 0.1) is 6.20 Å². The number of ether oxygens (including phenoxy) is 1. The van der Waals surface area contributed by atoms with Gasteiger partial charge in [0.2, 0.25) is 5.95 Å². The summed E-state index contributed by atoms with van der Waals surface area (Å²) in [7, 11) is 0. The third kappa shape index (κ3) is 3.03. The number of hydrogen-bond acceptors (Lipinski definition) is 6. The molecule has 3 heterocycles. The first-order valence-electron chi connectivity index (χ1n) is 6.62. The SMILES string of the molecule is Oc1cncc(-c2cnc(NC3CCOCC3)nc2)c1. The van der Waals surface area contributed by atoms with Gasteiger partial charge in [-0.15, -0.1) is 0 Å². The molecule has 0 aromatic carbocycles. The van der Waals surface area contributed by atoms with Crippen molar-refractivity contribution in [3.63, 3.8) is 0 Å². The second-order valence-corrected chi connectivity index (χ2v) is 4.76. The van der Waals surface area contributed by atoms with E-state index in [0.717, 1.165) is 37.2 Å². The van der Waals surface area contributed by atoms with E-state index in [1.807, 2.05) is 0 Å². The van der Waals surface area contributed by atoms with Crippen molar-refractivity contribution in [1.29, 1.82) is 0 Å². The Hall–Kier alpha value is -2.21. The predicted molar refractivity (Wildman–Crippen MR) is 74.4 cm³/mol. The third-order valence-electron chi connectivity index (χ3n) is 3.26. The molecule has 1 fully saturated rings. The average Bonchev–Trinajstić information content (AvgIpc) is 2.49. The fourth-order valence-electron chi connectivity index (χ4n) is 2.16. The summed E-state index contributed by atoms with van der Waals surface area (Å²) in [6.07, 6.45) is 8.47. The van der Waals surface area contributed by atoms with Gasteiger partial charge < -0.3 is 15.2 Å². The summed E-state index contributed by atoms with van der Waals surface area (Å²) in [4.78, 5) is 12.6. The lowest BCUT2D eigenvalue weighted by atomic mass is 10.1. The van der Waals surface area contributed by atoms with Crippen molar-refractivity contribution in [3.8, 4) is 16.9 Å². The molecule has 6 heteroatoms. The van der Waals surface area contributed by atoms with Gasteiger partial charge in [-0.1, -0.05) is 0 Å². The Morgan fingerprint density at radius 1 is 1.05 bits per heavy atom. The van der Waals surface area contributed by atoms with E-state index in [-0.39, 0.29) is 5.75 Å². The van der Waals surface area contributed by atoms with Crippen LogP contribution in [0.5, 0.6) is 5.75 Å². The maximum absolute atomic E-state index is 9.42. The number of pyridine rings is 1. The third-order valence-corrected chi connectivity index (χ3v) is 3.26. The van der Waals surface area contributed by atoms with Gasteiger partial charge in [-0.2, -0.15) is 0 Å². The Bertz CT molecular complexity index is 568. The predicted octanol–water partition coefficient (Wildman–Crippen LogP) is 1.84. The zero-order valence-corrected chi connectivity index (χ0v) is 11.0. The van der Waals surface area contributed by atoms with Crippen LogP contribution in [0.3, 0.4) is 0 Å². The molecule has 0 bridgehead atoms. The molecule has 1 aliphatic rings. The van der Waals surface area contributed by atoms with Gasteiger partial charge in [0, 0.05) is 49.0 Å². The molecule has 3 rings (SSSR count). The van der Waals surface area contributed by atoms with E-state index in [1.165, 1.54) is 6.20 Å². The Labute approximate surface area is 116 Å². The summed E-state index contributed by atoms with van der Waals surface area (Å²) in [5.41, 5.74) is 1.62. The van der Waals surface area contributed by atoms with Crippen LogP contribution in [0.1, 0.15) is 12.8 Å². The number of aromatic hydroxyl groups is 1. The number of nitrogens with zero attached hydrogens (tertiary/aromatic N) is 3. The van der Waals surface area contributed by atoms with Gasteiger partial charge in [-0.25, -0.2) is 9.97 Å². The fourth-order valence-corrected chi connectivity index (χ4v) is 2.16. The van der Waals surface area contributed by atoms with Crippen LogP contribution in [0, 0.1) is 0 Å². The molecule has 6 nitrogen and oxygen atoms in total. The molecule has 2 aromatic heterocycles. The lowest BCUT2D eigenvalue weighted by molar-refractivity contribution is 0.0903. The molecule has 0 saturated carbocycles. The lowest BCUT2D eigenvalue weighted by Gasteiger charge is -2.22. The second kappa shape index (κ2) is 5.83. The maximum Gasteiger partial charge on any atom is 0.222 e. The fraction of sp³-hybridized carbons (Fsp3) is 0.357. The molecule has 1 aliphatic heterocycles. The Balaban J connectivity index is 1.71. The van der Waals surface area contributed by atoms with Crippen LogP contribution < -0.4 is 5.32 Å². The van der Waals surface area contributed by atoms with Crippen molar-refractivity contribution in [2.75, 3.05) is 18.5 Å². The van der Waals surface area contributed by atoms with Gasteiger partial charge in [0.1, 0.15) is 5.75 Å². The zero-order valence-electron chi connectivity index (χ0n) is 11.0. The molecular weight excluding hydrogens is 256 g/mol. The summed E-state index contributed by atoms with van der Waals surface area (Å²) in [5.74, 6) is 0.751. The van der Waals surface area contributed by atoms with Crippen molar-refractivity contribution < 1.29 is 9.84 Å². The molecule has 20 heavy (non-hydrogen) atoms. The van der Waals surface area contributed by atoms with Crippen LogP contribution in [0.2, 0.25) is 0 Å². The van der Waals surface area contributed by atoms with Crippen LogP contribution in [-0.4, -0.2) is 39.3 Å². The summed E-state index contributed by atoms with van der Waals surface area (Å²) >= 11 is 0. The summed E-state index contributed by atoms with van der Waals surface area (Å²) in [5, 5.41) is 12.7. The van der Waals surface area contributed by atoms with Crippen molar-refractivity contribution in [2.24, 2.45) is 0 Å². The minimum Gasteiger partial charge on any atom is -0.506 e. The van der Waals surface area contributed by atoms with Gasteiger partial charge >= 0.3 is 0 Å². The molecule has 1 saturated heterocycles. The molecule has 2 aromatic rings. The first-order valence-corrected chi connectivity index (χ1v) is 6.62. The van der Waals surface area contributed by atoms with E-state index in [1.54, 1.807) is 24.7 Å². The van der Waals surface area contributed by atoms with E-state index in [2.05, 4.69) is 20.3 Å². The molecule has 2 N–H and O–H groups in total. The molecule has 104 valence electrons. The van der Waals surface area contributed by atoms with E-state index >= 15 is 0 Å². The van der Waals surface area contributed by atoms with Crippen LogP contribution in [0.4, 0.5) is 5.95 Å². The van der Waals surface area contributed by atoms with Crippen LogP contribution in [0.25, 0.3) is 11.1 Å².